The van der Waals surface area contributed by atoms with Gasteiger partial charge < -0.3 is 5.11 Å². The van der Waals surface area contributed by atoms with E-state index in [2.05, 4.69) is 5.32 Å². The minimum Gasteiger partial charge on any atom is -0.501 e. The van der Waals surface area contributed by atoms with E-state index in [0.29, 0.717) is 5.02 Å². The lowest BCUT2D eigenvalue weighted by molar-refractivity contribution is -0.386. The van der Waals surface area contributed by atoms with Gasteiger partial charge in [0.1, 0.15) is 5.57 Å². The summed E-state index contributed by atoms with van der Waals surface area (Å²) in [5.41, 5.74) is -0.489. The minimum atomic E-state index is -0.771. The number of thiocarbonyl (C=S) groups is 1. The number of phenols is 1. The third kappa shape index (κ3) is 4.20. The summed E-state index contributed by atoms with van der Waals surface area (Å²) in [7, 11) is 0. The first-order chi connectivity index (χ1) is 13.6. The number of aromatic hydroxyl groups is 1. The maximum Gasteiger partial charge on any atom is 0.312 e. The van der Waals surface area contributed by atoms with Crippen LogP contribution in [0.3, 0.4) is 0 Å². The quantitative estimate of drug-likeness (QED) is 0.145. The number of anilines is 1. The Bertz CT molecular complexity index is 1140. The number of nitrogens with zero attached hydrogens (tertiary/aromatic N) is 2. The summed E-state index contributed by atoms with van der Waals surface area (Å²) in [5, 5.41) is 23.6. The van der Waals surface area contributed by atoms with Gasteiger partial charge in [0, 0.05) is 11.1 Å². The van der Waals surface area contributed by atoms with Crippen LogP contribution in [0.2, 0.25) is 10.0 Å². The van der Waals surface area contributed by atoms with E-state index in [0.717, 1.165) is 11.0 Å². The third-order valence-corrected chi connectivity index (χ3v) is 5.47. The summed E-state index contributed by atoms with van der Waals surface area (Å²) < 4.78 is 0.181. The van der Waals surface area contributed by atoms with Crippen molar-refractivity contribution >= 4 is 92.4 Å². The van der Waals surface area contributed by atoms with Crippen molar-refractivity contribution in [3.8, 4) is 5.75 Å². The van der Waals surface area contributed by atoms with Crippen LogP contribution in [-0.4, -0.2) is 27.0 Å². The molecule has 0 atom stereocenters. The summed E-state index contributed by atoms with van der Waals surface area (Å²) in [5.74, 6) is -2.05. The van der Waals surface area contributed by atoms with Crippen LogP contribution >= 0.6 is 58.0 Å². The molecule has 0 saturated carbocycles. The van der Waals surface area contributed by atoms with Crippen LogP contribution < -0.4 is 10.2 Å². The average molecular weight is 564 g/mol. The van der Waals surface area contributed by atoms with Crippen LogP contribution in [0.1, 0.15) is 5.56 Å². The topological polar surface area (TPSA) is 113 Å². The summed E-state index contributed by atoms with van der Waals surface area (Å²) in [6.45, 7) is 0. The molecule has 0 aliphatic carbocycles. The lowest BCUT2D eigenvalue weighted by Crippen LogP contribution is -2.54. The highest BCUT2D eigenvalue weighted by Gasteiger charge is 2.35. The van der Waals surface area contributed by atoms with Gasteiger partial charge in [-0.3, -0.25) is 29.9 Å². The largest absolute Gasteiger partial charge is 0.501 e. The summed E-state index contributed by atoms with van der Waals surface area (Å²) in [6.07, 6.45) is 1.17. The van der Waals surface area contributed by atoms with E-state index < -0.39 is 28.2 Å². The molecular formula is C17H8Cl2IN3O5S. The van der Waals surface area contributed by atoms with Gasteiger partial charge in [0.2, 0.25) is 5.75 Å². The zero-order valence-electron chi connectivity index (χ0n) is 14.0. The summed E-state index contributed by atoms with van der Waals surface area (Å²) in [4.78, 5) is 36.7. The molecule has 0 radical (unpaired) electrons. The molecular weight excluding hydrogens is 556 g/mol. The average Bonchev–Trinajstić information content (AvgIpc) is 2.62. The van der Waals surface area contributed by atoms with E-state index in [1.54, 1.807) is 22.6 Å². The fourth-order valence-electron chi connectivity index (χ4n) is 2.53. The predicted octanol–water partition coefficient (Wildman–Crippen LogP) is 4.04. The highest BCUT2D eigenvalue weighted by Crippen LogP contribution is 2.34. The lowest BCUT2D eigenvalue weighted by atomic mass is 10.1. The van der Waals surface area contributed by atoms with Gasteiger partial charge in [0.15, 0.2) is 5.11 Å². The Morgan fingerprint density at radius 1 is 1.24 bits per heavy atom. The zero-order valence-corrected chi connectivity index (χ0v) is 18.5. The molecule has 8 nitrogen and oxygen atoms in total. The van der Waals surface area contributed by atoms with Crippen molar-refractivity contribution in [2.75, 3.05) is 4.90 Å². The second kappa shape index (κ2) is 8.22. The highest BCUT2D eigenvalue weighted by molar-refractivity contribution is 14.1. The lowest BCUT2D eigenvalue weighted by Gasteiger charge is -2.29. The fraction of sp³-hybridized carbons (Fsp3) is 0. The van der Waals surface area contributed by atoms with Gasteiger partial charge in [-0.25, -0.2) is 0 Å². The minimum absolute atomic E-state index is 0.138. The second-order valence-electron chi connectivity index (χ2n) is 5.68. The number of nitrogens with one attached hydrogen (secondary N) is 1. The molecule has 1 saturated heterocycles. The van der Waals surface area contributed by atoms with Gasteiger partial charge in [-0.05, 0) is 70.7 Å². The molecule has 0 spiro atoms. The molecule has 0 bridgehead atoms. The number of nitro groups is 1. The number of carbonyl (C=O) groups excluding carboxylic acids is 2. The Morgan fingerprint density at radius 3 is 2.55 bits per heavy atom. The van der Waals surface area contributed by atoms with Gasteiger partial charge >= 0.3 is 5.69 Å². The van der Waals surface area contributed by atoms with Gasteiger partial charge in [0.05, 0.1) is 19.2 Å². The number of amides is 2. The molecule has 0 aromatic heterocycles. The molecule has 1 heterocycles. The summed E-state index contributed by atoms with van der Waals surface area (Å²) >= 11 is 18.8. The van der Waals surface area contributed by atoms with Crippen LogP contribution in [0.4, 0.5) is 11.4 Å². The number of hydrogen-bond acceptors (Lipinski definition) is 6. The summed E-state index contributed by atoms with van der Waals surface area (Å²) in [6, 6.07) is 6.84. The molecule has 12 heteroatoms. The van der Waals surface area contributed by atoms with Crippen molar-refractivity contribution in [2.45, 2.75) is 0 Å². The van der Waals surface area contributed by atoms with Gasteiger partial charge in [-0.15, -0.1) is 0 Å². The van der Waals surface area contributed by atoms with E-state index in [1.165, 1.54) is 30.3 Å². The zero-order chi connectivity index (χ0) is 21.5. The molecule has 2 N–H and O–H groups in total. The molecule has 1 fully saturated rings. The van der Waals surface area contributed by atoms with Gasteiger partial charge in [-0.2, -0.15) is 0 Å². The molecule has 2 amide bonds. The van der Waals surface area contributed by atoms with Crippen LogP contribution in [0.25, 0.3) is 6.08 Å². The van der Waals surface area contributed by atoms with E-state index in [4.69, 9.17) is 35.4 Å². The Balaban J connectivity index is 2.10. The molecule has 3 rings (SSSR count). The Kier molecular flexibility index (Phi) is 6.08. The van der Waals surface area contributed by atoms with Crippen molar-refractivity contribution in [2.24, 2.45) is 0 Å². The van der Waals surface area contributed by atoms with Crippen molar-refractivity contribution in [3.05, 3.63) is 65.2 Å². The number of halogens is 3. The highest BCUT2D eigenvalue weighted by atomic mass is 127. The maximum absolute atomic E-state index is 13.0. The molecule has 2 aromatic carbocycles. The fourth-order valence-corrected chi connectivity index (χ4v) is 3.94. The first kappa shape index (κ1) is 21.4. The van der Waals surface area contributed by atoms with Crippen LogP contribution in [0, 0.1) is 13.7 Å². The normalized spacial score (nSPS) is 15.6. The third-order valence-electron chi connectivity index (χ3n) is 3.83. The Hall–Kier alpha value is -2.28. The SMILES string of the molecule is O=C1NC(=S)N(c2ccc(Cl)cc2Cl)C(=O)/C1=C/c1cc(I)c(O)c([N+](=O)[O-])c1. The van der Waals surface area contributed by atoms with Gasteiger partial charge in [-0.1, -0.05) is 23.2 Å². The number of hydrogen-bond donors (Lipinski definition) is 2. The first-order valence-corrected chi connectivity index (χ1v) is 9.88. The van der Waals surface area contributed by atoms with E-state index >= 15 is 0 Å². The van der Waals surface area contributed by atoms with Crippen molar-refractivity contribution < 1.29 is 19.6 Å². The maximum atomic E-state index is 13.0. The standard InChI is InChI=1S/C17H8Cl2IN3O5S/c18-8-1-2-12(10(19)6-8)22-16(26)9(15(25)21-17(22)29)3-7-4-11(20)14(24)13(5-7)23(27)28/h1-6,24H,(H,21,25,29)/b9-3+. The Morgan fingerprint density at radius 2 is 1.93 bits per heavy atom. The molecule has 0 unspecified atom stereocenters. The number of nitro benzene ring substituents is 1. The van der Waals surface area contributed by atoms with Crippen molar-refractivity contribution in [1.29, 1.82) is 0 Å². The van der Waals surface area contributed by atoms with E-state index in [-0.39, 0.29) is 30.5 Å². The number of benzene rings is 2. The molecule has 148 valence electrons. The van der Waals surface area contributed by atoms with Crippen molar-refractivity contribution in [3.63, 3.8) is 0 Å². The van der Waals surface area contributed by atoms with Crippen LogP contribution in [-0.2, 0) is 9.59 Å². The number of phenolic OH excluding ortho intramolecular Hbond substituents is 1. The monoisotopic (exact) mass is 563 g/mol. The van der Waals surface area contributed by atoms with E-state index in [9.17, 15) is 24.8 Å². The number of rotatable bonds is 3. The molecule has 2 aromatic rings. The van der Waals surface area contributed by atoms with Gasteiger partial charge in [0.25, 0.3) is 11.8 Å². The van der Waals surface area contributed by atoms with Crippen molar-refractivity contribution in [1.82, 2.24) is 5.32 Å². The second-order valence-corrected chi connectivity index (χ2v) is 8.07. The molecule has 29 heavy (non-hydrogen) atoms. The van der Waals surface area contributed by atoms with Crippen LogP contribution in [0.5, 0.6) is 5.75 Å². The van der Waals surface area contributed by atoms with Crippen LogP contribution in [0.15, 0.2) is 35.9 Å². The number of carbonyl (C=O) groups is 2. The van der Waals surface area contributed by atoms with E-state index in [1.807, 2.05) is 0 Å². The predicted molar refractivity (Wildman–Crippen MR) is 120 cm³/mol. The Labute approximate surface area is 192 Å². The smallest absolute Gasteiger partial charge is 0.312 e. The first-order valence-electron chi connectivity index (χ1n) is 7.63. The molecule has 1 aliphatic heterocycles. The molecule has 1 aliphatic rings.